The summed E-state index contributed by atoms with van der Waals surface area (Å²) in [5, 5.41) is 3.76. The first-order chi connectivity index (χ1) is 15.8. The lowest BCUT2D eigenvalue weighted by molar-refractivity contribution is -0.116. The van der Waals surface area contributed by atoms with Crippen molar-refractivity contribution in [2.24, 2.45) is 0 Å². The van der Waals surface area contributed by atoms with Crippen molar-refractivity contribution in [3.05, 3.63) is 103 Å². The third-order valence-corrected chi connectivity index (χ3v) is 5.17. The van der Waals surface area contributed by atoms with Crippen LogP contribution >= 0.6 is 15.9 Å². The van der Waals surface area contributed by atoms with Crippen LogP contribution in [0.5, 0.6) is 0 Å². The molecule has 3 heteroatoms. The average molecular weight is 497 g/mol. The number of allylic oxidation sites excluding steroid dienone is 12. The summed E-state index contributed by atoms with van der Waals surface area (Å²) in [6.07, 6.45) is 33.5. The first-order valence-corrected chi connectivity index (χ1v) is 12.7. The molecule has 0 aromatic heterocycles. The van der Waals surface area contributed by atoms with Crippen LogP contribution < -0.4 is 5.32 Å². The molecule has 32 heavy (non-hydrogen) atoms. The van der Waals surface area contributed by atoms with Crippen molar-refractivity contribution in [3.8, 4) is 0 Å². The number of amides is 1. The predicted octanol–water partition coefficient (Wildman–Crippen LogP) is 9.00. The number of rotatable bonds is 16. The Bertz CT molecular complexity index is 782. The molecule has 1 N–H and O–H groups in total. The molecular formula is C29H38BrNO. The summed E-state index contributed by atoms with van der Waals surface area (Å²) in [5.41, 5.74) is 2.04. The summed E-state index contributed by atoms with van der Waals surface area (Å²) in [7, 11) is 0. The normalized spacial score (nSPS) is 12.6. The van der Waals surface area contributed by atoms with Gasteiger partial charge in [0.2, 0.25) is 5.91 Å². The number of hydrogen-bond acceptors (Lipinski definition) is 1. The van der Waals surface area contributed by atoms with Gasteiger partial charge in [-0.2, -0.15) is 0 Å². The topological polar surface area (TPSA) is 29.1 Å². The van der Waals surface area contributed by atoms with Crippen molar-refractivity contribution >= 4 is 27.5 Å². The molecule has 0 aliphatic heterocycles. The summed E-state index contributed by atoms with van der Waals surface area (Å²) < 4.78 is 0. The maximum absolute atomic E-state index is 12.0. The first kappa shape index (κ1) is 27.6. The Morgan fingerprint density at radius 2 is 1.16 bits per heavy atom. The van der Waals surface area contributed by atoms with E-state index in [-0.39, 0.29) is 5.91 Å². The maximum atomic E-state index is 12.0. The predicted molar refractivity (Wildman–Crippen MR) is 145 cm³/mol. The largest absolute Gasteiger partial charge is 0.326 e. The molecule has 2 nitrogen and oxygen atoms in total. The van der Waals surface area contributed by atoms with Crippen molar-refractivity contribution < 1.29 is 4.79 Å². The Balaban J connectivity index is 2.02. The van der Waals surface area contributed by atoms with E-state index in [2.05, 4.69) is 101 Å². The highest BCUT2D eigenvalue weighted by atomic mass is 79.9. The molecule has 1 rings (SSSR count). The van der Waals surface area contributed by atoms with Gasteiger partial charge in [0.05, 0.1) is 0 Å². The minimum atomic E-state index is 0.0520. The molecule has 0 aliphatic carbocycles. The average Bonchev–Trinajstić information content (AvgIpc) is 2.81. The molecule has 0 radical (unpaired) electrons. The van der Waals surface area contributed by atoms with Crippen molar-refractivity contribution in [1.29, 1.82) is 0 Å². The van der Waals surface area contributed by atoms with Crippen LogP contribution in [-0.2, 0) is 10.1 Å². The molecule has 1 aromatic carbocycles. The van der Waals surface area contributed by atoms with Crippen LogP contribution in [0.1, 0.15) is 63.9 Å². The van der Waals surface area contributed by atoms with Crippen molar-refractivity contribution in [3.63, 3.8) is 0 Å². The zero-order chi connectivity index (χ0) is 23.1. The van der Waals surface area contributed by atoms with E-state index in [1.807, 2.05) is 24.3 Å². The minimum Gasteiger partial charge on any atom is -0.326 e. The summed E-state index contributed by atoms with van der Waals surface area (Å²) in [4.78, 5) is 12.0. The van der Waals surface area contributed by atoms with Crippen LogP contribution in [-0.4, -0.2) is 5.91 Å². The highest BCUT2D eigenvalue weighted by Crippen LogP contribution is 2.12. The second-order valence-corrected chi connectivity index (χ2v) is 7.89. The molecule has 0 fully saturated rings. The fourth-order valence-electron chi connectivity index (χ4n) is 2.75. The lowest BCUT2D eigenvalue weighted by atomic mass is 10.2. The fraction of sp³-hybridized carbons (Fsp3) is 0.345. The van der Waals surface area contributed by atoms with Gasteiger partial charge in [-0.15, -0.1) is 0 Å². The van der Waals surface area contributed by atoms with Gasteiger partial charge >= 0.3 is 0 Å². The summed E-state index contributed by atoms with van der Waals surface area (Å²) in [6, 6.07) is 7.89. The van der Waals surface area contributed by atoms with E-state index in [1.54, 1.807) is 0 Å². The molecule has 0 saturated heterocycles. The van der Waals surface area contributed by atoms with Gasteiger partial charge in [-0.1, -0.05) is 108 Å². The van der Waals surface area contributed by atoms with Crippen LogP contribution in [0.25, 0.3) is 0 Å². The van der Waals surface area contributed by atoms with Crippen LogP contribution in [0.4, 0.5) is 5.69 Å². The van der Waals surface area contributed by atoms with E-state index in [1.165, 1.54) is 5.56 Å². The Hall–Kier alpha value is -2.39. The third-order valence-electron chi connectivity index (χ3n) is 4.53. The number of anilines is 1. The Morgan fingerprint density at radius 1 is 0.719 bits per heavy atom. The van der Waals surface area contributed by atoms with Crippen LogP contribution in [0.2, 0.25) is 0 Å². The van der Waals surface area contributed by atoms with Gasteiger partial charge in [0.25, 0.3) is 0 Å². The number of benzene rings is 1. The third kappa shape index (κ3) is 16.3. The van der Waals surface area contributed by atoms with E-state index in [4.69, 9.17) is 0 Å². The van der Waals surface area contributed by atoms with E-state index in [0.29, 0.717) is 6.42 Å². The van der Waals surface area contributed by atoms with Gasteiger partial charge in [0.15, 0.2) is 0 Å². The second kappa shape index (κ2) is 20.5. The Labute approximate surface area is 203 Å². The van der Waals surface area contributed by atoms with Crippen LogP contribution in [0.3, 0.4) is 0 Å². The lowest BCUT2D eigenvalue weighted by Gasteiger charge is -2.04. The molecule has 172 valence electrons. The smallest absolute Gasteiger partial charge is 0.224 e. The maximum Gasteiger partial charge on any atom is 0.224 e. The van der Waals surface area contributed by atoms with E-state index in [0.717, 1.165) is 56.0 Å². The molecule has 0 bridgehead atoms. The monoisotopic (exact) mass is 495 g/mol. The summed E-state index contributed by atoms with van der Waals surface area (Å²) in [6.45, 7) is 2.15. The molecule has 0 unspecified atom stereocenters. The zero-order valence-electron chi connectivity index (χ0n) is 19.4. The second-order valence-electron chi connectivity index (χ2n) is 7.33. The van der Waals surface area contributed by atoms with Gasteiger partial charge in [-0.05, 0) is 62.6 Å². The van der Waals surface area contributed by atoms with Crippen LogP contribution in [0.15, 0.2) is 97.2 Å². The van der Waals surface area contributed by atoms with Crippen LogP contribution in [0, 0.1) is 0 Å². The molecule has 0 atom stereocenters. The SMILES string of the molecule is CCC=CCC=CCC=CCC=CCC=CCC=CCCC(=O)Nc1ccc(CBr)cc1. The molecular weight excluding hydrogens is 458 g/mol. The van der Waals surface area contributed by atoms with Gasteiger partial charge in [-0.25, -0.2) is 0 Å². The highest BCUT2D eigenvalue weighted by molar-refractivity contribution is 9.08. The van der Waals surface area contributed by atoms with Gasteiger partial charge in [0.1, 0.15) is 0 Å². The number of carbonyl (C=O) groups is 1. The molecule has 0 spiro atoms. The summed E-state index contributed by atoms with van der Waals surface area (Å²) in [5.74, 6) is 0.0520. The van der Waals surface area contributed by atoms with E-state index < -0.39 is 0 Å². The number of nitrogens with one attached hydrogen (secondary N) is 1. The van der Waals surface area contributed by atoms with Gasteiger partial charge < -0.3 is 5.32 Å². The highest BCUT2D eigenvalue weighted by Gasteiger charge is 2.00. The number of alkyl halides is 1. The Morgan fingerprint density at radius 3 is 1.59 bits per heavy atom. The fourth-order valence-corrected chi connectivity index (χ4v) is 3.13. The molecule has 0 heterocycles. The van der Waals surface area contributed by atoms with Crippen molar-refractivity contribution in [2.75, 3.05) is 5.32 Å². The molecule has 1 amide bonds. The lowest BCUT2D eigenvalue weighted by Crippen LogP contribution is -2.10. The van der Waals surface area contributed by atoms with E-state index >= 15 is 0 Å². The van der Waals surface area contributed by atoms with Crippen molar-refractivity contribution in [1.82, 2.24) is 0 Å². The molecule has 1 aromatic rings. The number of hydrogen-bond donors (Lipinski definition) is 1. The number of carbonyl (C=O) groups excluding carboxylic acids is 1. The number of halogens is 1. The summed E-state index contributed by atoms with van der Waals surface area (Å²) >= 11 is 3.42. The standard InChI is InChI=1S/C29H38BrNO/c1-2-3-4-5-6-7-8-9-10-11-12-13-14-15-16-17-18-19-20-21-29(32)31-28-24-22-27(26-30)23-25-28/h3-4,6-7,9-10,12-13,15-16,18-19,22-25H,2,5,8,11,14,17,20-21,26H2,1H3,(H,31,32). The molecule has 0 aliphatic rings. The molecule has 0 saturated carbocycles. The zero-order valence-corrected chi connectivity index (χ0v) is 21.0. The minimum absolute atomic E-state index is 0.0520. The van der Waals surface area contributed by atoms with Crippen molar-refractivity contribution in [2.45, 2.75) is 63.6 Å². The quantitative estimate of drug-likeness (QED) is 0.180. The Kier molecular flexibility index (Phi) is 17.7. The van der Waals surface area contributed by atoms with Gasteiger partial charge in [0, 0.05) is 17.4 Å². The van der Waals surface area contributed by atoms with Gasteiger partial charge in [-0.3, -0.25) is 4.79 Å². The first-order valence-electron chi connectivity index (χ1n) is 11.6. The van der Waals surface area contributed by atoms with E-state index in [9.17, 15) is 4.79 Å².